The molecule has 3 unspecified atom stereocenters. The second-order valence-electron chi connectivity index (χ2n) is 6.66. The first kappa shape index (κ1) is 14.3. The molecule has 1 saturated heterocycles. The Kier molecular flexibility index (Phi) is 4.68. The molecule has 106 valence electrons. The van der Waals surface area contributed by atoms with Crippen molar-refractivity contribution < 1.29 is 0 Å². The van der Waals surface area contributed by atoms with Crippen LogP contribution in [0.1, 0.15) is 45.4 Å². The Morgan fingerprint density at radius 1 is 1.22 bits per heavy atom. The molecule has 0 amide bonds. The van der Waals surface area contributed by atoms with Crippen LogP contribution < -0.4 is 5.73 Å². The number of rotatable bonds is 3. The lowest BCUT2D eigenvalue weighted by Crippen LogP contribution is -2.63. The van der Waals surface area contributed by atoms with Gasteiger partial charge in [-0.1, -0.05) is 19.8 Å². The Bertz CT molecular complexity index is 266. The maximum atomic E-state index is 6.23. The molecule has 2 N–H and O–H groups in total. The van der Waals surface area contributed by atoms with E-state index in [4.69, 9.17) is 5.73 Å². The molecule has 3 heteroatoms. The van der Waals surface area contributed by atoms with Crippen molar-refractivity contribution in [3.8, 4) is 0 Å². The fourth-order valence-electron chi connectivity index (χ4n) is 4.08. The maximum absolute atomic E-state index is 6.23. The molecule has 2 rings (SSSR count). The predicted molar refractivity (Wildman–Crippen MR) is 77.7 cm³/mol. The SMILES string of the molecule is CC1CCCCC1(CN)N1CCCC(N(C)C)C1. The Labute approximate surface area is 113 Å². The van der Waals surface area contributed by atoms with E-state index in [2.05, 4.69) is 30.8 Å². The summed E-state index contributed by atoms with van der Waals surface area (Å²) in [6.45, 7) is 5.74. The molecular weight excluding hydrogens is 222 g/mol. The zero-order valence-electron chi connectivity index (χ0n) is 12.5. The minimum absolute atomic E-state index is 0.299. The van der Waals surface area contributed by atoms with Crippen molar-refractivity contribution in [2.75, 3.05) is 33.7 Å². The zero-order valence-corrected chi connectivity index (χ0v) is 12.5. The summed E-state index contributed by atoms with van der Waals surface area (Å²) in [5.74, 6) is 0.761. The summed E-state index contributed by atoms with van der Waals surface area (Å²) < 4.78 is 0. The van der Waals surface area contributed by atoms with E-state index in [0.29, 0.717) is 5.54 Å². The number of likely N-dealkylation sites (tertiary alicyclic amines) is 1. The lowest BCUT2D eigenvalue weighted by atomic mass is 9.71. The van der Waals surface area contributed by atoms with Gasteiger partial charge in [0.05, 0.1) is 0 Å². The molecule has 0 aromatic heterocycles. The van der Waals surface area contributed by atoms with E-state index in [9.17, 15) is 0 Å². The number of hydrogen-bond donors (Lipinski definition) is 1. The van der Waals surface area contributed by atoms with Crippen molar-refractivity contribution in [2.45, 2.75) is 57.0 Å². The molecule has 2 fully saturated rings. The quantitative estimate of drug-likeness (QED) is 0.834. The molecule has 0 aromatic rings. The summed E-state index contributed by atoms with van der Waals surface area (Å²) in [4.78, 5) is 5.13. The van der Waals surface area contributed by atoms with Gasteiger partial charge in [-0.25, -0.2) is 0 Å². The molecule has 1 aliphatic heterocycles. The first-order chi connectivity index (χ1) is 8.60. The van der Waals surface area contributed by atoms with Crippen molar-refractivity contribution in [3.05, 3.63) is 0 Å². The highest BCUT2D eigenvalue weighted by molar-refractivity contribution is 5.00. The topological polar surface area (TPSA) is 32.5 Å². The van der Waals surface area contributed by atoms with Gasteiger partial charge in [0.15, 0.2) is 0 Å². The first-order valence-corrected chi connectivity index (χ1v) is 7.71. The van der Waals surface area contributed by atoms with Gasteiger partial charge in [0, 0.05) is 24.7 Å². The van der Waals surface area contributed by atoms with Gasteiger partial charge in [-0.3, -0.25) is 4.90 Å². The fraction of sp³-hybridized carbons (Fsp3) is 1.00. The van der Waals surface area contributed by atoms with Crippen LogP contribution >= 0.6 is 0 Å². The lowest BCUT2D eigenvalue weighted by Gasteiger charge is -2.53. The van der Waals surface area contributed by atoms with Gasteiger partial charge in [-0.2, -0.15) is 0 Å². The molecular formula is C15H31N3. The number of nitrogens with two attached hydrogens (primary N) is 1. The minimum Gasteiger partial charge on any atom is -0.329 e. The van der Waals surface area contributed by atoms with Crippen molar-refractivity contribution in [1.82, 2.24) is 9.80 Å². The minimum atomic E-state index is 0.299. The van der Waals surface area contributed by atoms with Crippen LogP contribution in [0, 0.1) is 5.92 Å². The van der Waals surface area contributed by atoms with Crippen LogP contribution in [0.2, 0.25) is 0 Å². The Hall–Kier alpha value is -0.120. The molecule has 3 atom stereocenters. The molecule has 0 radical (unpaired) electrons. The molecule has 2 aliphatic rings. The van der Waals surface area contributed by atoms with Gasteiger partial charge in [0.2, 0.25) is 0 Å². The van der Waals surface area contributed by atoms with Crippen LogP contribution in [-0.2, 0) is 0 Å². The second kappa shape index (κ2) is 5.89. The number of likely N-dealkylation sites (N-methyl/N-ethyl adjacent to an activating group) is 1. The van der Waals surface area contributed by atoms with Gasteiger partial charge in [-0.15, -0.1) is 0 Å². The average molecular weight is 253 g/mol. The number of nitrogens with zero attached hydrogens (tertiary/aromatic N) is 2. The van der Waals surface area contributed by atoms with E-state index in [1.807, 2.05) is 0 Å². The molecule has 18 heavy (non-hydrogen) atoms. The summed E-state index contributed by atoms with van der Waals surface area (Å²) in [6.07, 6.45) is 8.11. The van der Waals surface area contributed by atoms with E-state index in [0.717, 1.165) is 18.5 Å². The standard InChI is InChI=1S/C15H31N3/c1-13-7-4-5-9-15(13,12-16)18-10-6-8-14(11-18)17(2)3/h13-14H,4-12,16H2,1-3H3. The summed E-state index contributed by atoms with van der Waals surface area (Å²) in [5.41, 5.74) is 6.52. The van der Waals surface area contributed by atoms with Crippen LogP contribution in [0.5, 0.6) is 0 Å². The highest BCUT2D eigenvalue weighted by Gasteiger charge is 2.43. The van der Waals surface area contributed by atoms with Gasteiger partial charge in [-0.05, 0) is 52.2 Å². The van der Waals surface area contributed by atoms with Crippen LogP contribution in [0.15, 0.2) is 0 Å². The van der Waals surface area contributed by atoms with Crippen LogP contribution in [0.3, 0.4) is 0 Å². The molecule has 3 nitrogen and oxygen atoms in total. The maximum Gasteiger partial charge on any atom is 0.0357 e. The van der Waals surface area contributed by atoms with Crippen molar-refractivity contribution in [3.63, 3.8) is 0 Å². The molecule has 0 aromatic carbocycles. The summed E-state index contributed by atoms with van der Waals surface area (Å²) >= 11 is 0. The van der Waals surface area contributed by atoms with Gasteiger partial charge >= 0.3 is 0 Å². The third-order valence-electron chi connectivity index (χ3n) is 5.52. The van der Waals surface area contributed by atoms with Crippen LogP contribution in [0.25, 0.3) is 0 Å². The Morgan fingerprint density at radius 3 is 2.61 bits per heavy atom. The lowest BCUT2D eigenvalue weighted by molar-refractivity contribution is -0.0205. The third kappa shape index (κ3) is 2.59. The predicted octanol–water partition coefficient (Wildman–Crippen LogP) is 1.92. The molecule has 0 bridgehead atoms. The fourth-order valence-corrected chi connectivity index (χ4v) is 4.08. The zero-order chi connectivity index (χ0) is 13.2. The third-order valence-corrected chi connectivity index (χ3v) is 5.52. The van der Waals surface area contributed by atoms with Crippen molar-refractivity contribution in [1.29, 1.82) is 0 Å². The van der Waals surface area contributed by atoms with E-state index in [1.165, 1.54) is 51.6 Å². The van der Waals surface area contributed by atoms with Gasteiger partial charge < -0.3 is 10.6 Å². The van der Waals surface area contributed by atoms with Crippen molar-refractivity contribution in [2.24, 2.45) is 11.7 Å². The highest BCUT2D eigenvalue weighted by atomic mass is 15.3. The molecule has 1 saturated carbocycles. The summed E-state index contributed by atoms with van der Waals surface area (Å²) in [6, 6.07) is 0.719. The van der Waals surface area contributed by atoms with E-state index < -0.39 is 0 Å². The van der Waals surface area contributed by atoms with E-state index in [1.54, 1.807) is 0 Å². The highest BCUT2D eigenvalue weighted by Crippen LogP contribution is 2.39. The van der Waals surface area contributed by atoms with Crippen LogP contribution in [-0.4, -0.2) is 55.1 Å². The molecule has 1 aliphatic carbocycles. The van der Waals surface area contributed by atoms with E-state index in [-0.39, 0.29) is 0 Å². The molecule has 1 heterocycles. The van der Waals surface area contributed by atoms with Gasteiger partial charge in [0.25, 0.3) is 0 Å². The largest absolute Gasteiger partial charge is 0.329 e. The monoisotopic (exact) mass is 253 g/mol. The Balaban J connectivity index is 2.11. The van der Waals surface area contributed by atoms with Crippen molar-refractivity contribution >= 4 is 0 Å². The normalized spacial score (nSPS) is 39.2. The summed E-state index contributed by atoms with van der Waals surface area (Å²) in [7, 11) is 4.43. The summed E-state index contributed by atoms with van der Waals surface area (Å²) in [5, 5.41) is 0. The van der Waals surface area contributed by atoms with Gasteiger partial charge in [0.1, 0.15) is 0 Å². The smallest absolute Gasteiger partial charge is 0.0357 e. The number of hydrogen-bond acceptors (Lipinski definition) is 3. The van der Waals surface area contributed by atoms with E-state index >= 15 is 0 Å². The number of piperidine rings is 1. The molecule has 0 spiro atoms. The Morgan fingerprint density at radius 2 is 2.00 bits per heavy atom. The van der Waals surface area contributed by atoms with Crippen LogP contribution in [0.4, 0.5) is 0 Å². The second-order valence-corrected chi connectivity index (χ2v) is 6.66. The average Bonchev–Trinajstić information content (AvgIpc) is 2.40. The first-order valence-electron chi connectivity index (χ1n) is 7.71.